The number of nitrogens with one attached hydrogen (secondary N) is 1. The first-order valence-corrected chi connectivity index (χ1v) is 15.9. The van der Waals surface area contributed by atoms with Crippen molar-refractivity contribution in [2.24, 2.45) is 0 Å². The van der Waals surface area contributed by atoms with Crippen LogP contribution in [0.25, 0.3) is 0 Å². The predicted molar refractivity (Wildman–Crippen MR) is 167 cm³/mol. The second-order valence-corrected chi connectivity index (χ2v) is 14.0. The number of nitrogens with zero attached hydrogens (tertiary/aromatic N) is 2. The summed E-state index contributed by atoms with van der Waals surface area (Å²) >= 11 is 25.5. The van der Waals surface area contributed by atoms with Gasteiger partial charge in [0.15, 0.2) is 0 Å². The van der Waals surface area contributed by atoms with Gasteiger partial charge in [-0.05, 0) is 50.6 Å². The first-order chi connectivity index (χ1) is 19.1. The van der Waals surface area contributed by atoms with E-state index in [1.54, 1.807) is 18.2 Å². The highest BCUT2D eigenvalue weighted by Crippen LogP contribution is 2.34. The Morgan fingerprint density at radius 2 is 1.41 bits per heavy atom. The molecule has 3 rings (SSSR count). The van der Waals surface area contributed by atoms with E-state index in [0.717, 1.165) is 16.1 Å². The van der Waals surface area contributed by atoms with E-state index in [4.69, 9.17) is 46.4 Å². The van der Waals surface area contributed by atoms with Crippen molar-refractivity contribution in [2.45, 2.75) is 45.3 Å². The van der Waals surface area contributed by atoms with E-state index >= 15 is 0 Å². The molecular formula is C29H31Cl4N3O4S. The van der Waals surface area contributed by atoms with Crippen molar-refractivity contribution in [3.63, 3.8) is 0 Å². The van der Waals surface area contributed by atoms with Gasteiger partial charge >= 0.3 is 0 Å². The minimum absolute atomic E-state index is 0.0283. The number of rotatable bonds is 10. The third-order valence-corrected chi connectivity index (χ3v) is 8.68. The summed E-state index contributed by atoms with van der Waals surface area (Å²) < 4.78 is 26.7. The van der Waals surface area contributed by atoms with Gasteiger partial charge < -0.3 is 10.2 Å². The van der Waals surface area contributed by atoms with E-state index in [9.17, 15) is 18.0 Å². The lowest BCUT2D eigenvalue weighted by atomic mass is 10.0. The highest BCUT2D eigenvalue weighted by molar-refractivity contribution is 7.92. The summed E-state index contributed by atoms with van der Waals surface area (Å²) in [5, 5.41) is 3.63. The number of hydrogen-bond donors (Lipinski definition) is 1. The number of carbonyl (C=O) groups is 2. The van der Waals surface area contributed by atoms with Gasteiger partial charge in [0.2, 0.25) is 21.8 Å². The van der Waals surface area contributed by atoms with E-state index in [0.29, 0.717) is 15.6 Å². The molecule has 12 heteroatoms. The minimum atomic E-state index is -4.02. The van der Waals surface area contributed by atoms with E-state index in [1.165, 1.54) is 23.1 Å². The highest BCUT2D eigenvalue weighted by atomic mass is 35.5. The predicted octanol–water partition coefficient (Wildman–Crippen LogP) is 6.62. The number of amides is 2. The second-order valence-electron chi connectivity index (χ2n) is 10.5. The molecule has 0 aliphatic rings. The summed E-state index contributed by atoms with van der Waals surface area (Å²) in [6.45, 7) is 4.67. The first-order valence-electron chi connectivity index (χ1n) is 12.6. The van der Waals surface area contributed by atoms with Crippen molar-refractivity contribution in [1.82, 2.24) is 10.2 Å². The average molecular weight is 659 g/mol. The van der Waals surface area contributed by atoms with Gasteiger partial charge in [-0.25, -0.2) is 8.42 Å². The maximum absolute atomic E-state index is 14.2. The Morgan fingerprint density at radius 1 is 0.854 bits per heavy atom. The lowest BCUT2D eigenvalue weighted by molar-refractivity contribution is -0.140. The van der Waals surface area contributed by atoms with Crippen LogP contribution in [0.1, 0.15) is 31.9 Å². The molecule has 0 bridgehead atoms. The van der Waals surface area contributed by atoms with E-state index < -0.39 is 40.0 Å². The Labute approximate surface area is 261 Å². The Bertz CT molecular complexity index is 1490. The minimum Gasteiger partial charge on any atom is -0.350 e. The third-order valence-electron chi connectivity index (χ3n) is 6.04. The lowest BCUT2D eigenvalue weighted by Gasteiger charge is -2.35. The summed E-state index contributed by atoms with van der Waals surface area (Å²) in [6.07, 6.45) is 1.11. The summed E-state index contributed by atoms with van der Waals surface area (Å²) in [5.41, 5.74) is 0.625. The molecule has 2 amide bonds. The summed E-state index contributed by atoms with van der Waals surface area (Å²) in [6, 6.07) is 17.6. The molecule has 0 unspecified atom stereocenters. The number of carbonyl (C=O) groups excluding carboxylic acids is 2. The summed E-state index contributed by atoms with van der Waals surface area (Å²) in [4.78, 5) is 29.3. The first kappa shape index (κ1) is 33.0. The molecule has 0 fully saturated rings. The molecule has 0 spiro atoms. The standard InChI is InChI=1S/C29H31Cl4N3O4S/c1-29(2,3)34-28(38)25(16-19-10-6-5-7-11-19)35(17-20-21(30)12-8-13-22(20)31)26(37)18-36(41(4,39)40)24-15-9-14-23(32)27(24)33/h5-15,25H,16-18H2,1-4H3,(H,34,38)/t25-/m1/s1. The molecule has 41 heavy (non-hydrogen) atoms. The molecule has 220 valence electrons. The quantitative estimate of drug-likeness (QED) is 0.265. The van der Waals surface area contributed by atoms with Crippen molar-refractivity contribution in [2.75, 3.05) is 17.1 Å². The van der Waals surface area contributed by atoms with Gasteiger partial charge in [0.25, 0.3) is 0 Å². The lowest BCUT2D eigenvalue weighted by Crippen LogP contribution is -2.56. The SMILES string of the molecule is CC(C)(C)NC(=O)[C@@H](Cc1ccccc1)N(Cc1c(Cl)cccc1Cl)C(=O)CN(c1cccc(Cl)c1Cl)S(C)(=O)=O. The number of hydrogen-bond acceptors (Lipinski definition) is 4. The van der Waals surface area contributed by atoms with Crippen LogP contribution in [0.4, 0.5) is 5.69 Å². The van der Waals surface area contributed by atoms with Crippen molar-refractivity contribution >= 4 is 73.9 Å². The number of benzene rings is 3. The van der Waals surface area contributed by atoms with Gasteiger partial charge in [-0.1, -0.05) is 88.9 Å². The topological polar surface area (TPSA) is 86.8 Å². The fraction of sp³-hybridized carbons (Fsp3) is 0.310. The number of sulfonamides is 1. The van der Waals surface area contributed by atoms with Crippen molar-refractivity contribution in [3.8, 4) is 0 Å². The van der Waals surface area contributed by atoms with Crippen LogP contribution in [0.15, 0.2) is 66.7 Å². The molecule has 0 aliphatic carbocycles. The number of halogens is 4. The molecule has 1 N–H and O–H groups in total. The van der Waals surface area contributed by atoms with E-state index in [2.05, 4.69) is 5.32 Å². The Hall–Kier alpha value is -2.49. The Balaban J connectivity index is 2.15. The molecule has 0 saturated heterocycles. The van der Waals surface area contributed by atoms with Gasteiger partial charge in [0, 0.05) is 34.1 Å². The third kappa shape index (κ3) is 9.00. The monoisotopic (exact) mass is 657 g/mol. The molecule has 0 heterocycles. The Morgan fingerprint density at radius 3 is 1.98 bits per heavy atom. The molecule has 0 radical (unpaired) electrons. The van der Waals surface area contributed by atoms with Crippen LogP contribution in [-0.4, -0.2) is 49.5 Å². The zero-order valence-electron chi connectivity index (χ0n) is 23.0. The molecule has 3 aromatic rings. The maximum atomic E-state index is 14.2. The van der Waals surface area contributed by atoms with Crippen LogP contribution >= 0.6 is 46.4 Å². The molecule has 3 aromatic carbocycles. The molecular weight excluding hydrogens is 628 g/mol. The van der Waals surface area contributed by atoms with Crippen LogP contribution in [0.5, 0.6) is 0 Å². The van der Waals surface area contributed by atoms with Crippen LogP contribution < -0.4 is 9.62 Å². The van der Waals surface area contributed by atoms with Crippen LogP contribution in [0, 0.1) is 0 Å². The van der Waals surface area contributed by atoms with Crippen molar-refractivity contribution in [3.05, 3.63) is 97.9 Å². The normalized spacial score (nSPS) is 12.5. The molecule has 0 saturated carbocycles. The van der Waals surface area contributed by atoms with Gasteiger partial charge in [0.1, 0.15) is 12.6 Å². The smallest absolute Gasteiger partial charge is 0.244 e. The fourth-order valence-corrected chi connectivity index (χ4v) is 5.96. The second kappa shape index (κ2) is 13.7. The zero-order valence-corrected chi connectivity index (χ0v) is 26.8. The van der Waals surface area contributed by atoms with Gasteiger partial charge in [-0.2, -0.15) is 0 Å². The van der Waals surface area contributed by atoms with E-state index in [-0.39, 0.29) is 28.7 Å². The summed E-state index contributed by atoms with van der Waals surface area (Å²) in [7, 11) is -4.02. The van der Waals surface area contributed by atoms with Crippen molar-refractivity contribution < 1.29 is 18.0 Å². The van der Waals surface area contributed by atoms with Crippen LogP contribution in [0.2, 0.25) is 20.1 Å². The average Bonchev–Trinajstić information content (AvgIpc) is 2.87. The van der Waals surface area contributed by atoms with Gasteiger partial charge in [-0.3, -0.25) is 13.9 Å². The van der Waals surface area contributed by atoms with Gasteiger partial charge in [-0.15, -0.1) is 0 Å². The molecule has 0 aromatic heterocycles. The Kier molecular flexibility index (Phi) is 11.0. The molecule has 0 aliphatic heterocycles. The molecule has 7 nitrogen and oxygen atoms in total. The maximum Gasteiger partial charge on any atom is 0.244 e. The summed E-state index contributed by atoms with van der Waals surface area (Å²) in [5.74, 6) is -1.10. The largest absolute Gasteiger partial charge is 0.350 e. The van der Waals surface area contributed by atoms with Crippen LogP contribution in [-0.2, 0) is 32.6 Å². The molecule has 1 atom stereocenters. The number of anilines is 1. The van der Waals surface area contributed by atoms with Gasteiger partial charge in [0.05, 0.1) is 22.0 Å². The van der Waals surface area contributed by atoms with Crippen LogP contribution in [0.3, 0.4) is 0 Å². The zero-order chi connectivity index (χ0) is 30.5. The highest BCUT2D eigenvalue weighted by Gasteiger charge is 2.35. The van der Waals surface area contributed by atoms with E-state index in [1.807, 2.05) is 51.1 Å². The van der Waals surface area contributed by atoms with Crippen molar-refractivity contribution in [1.29, 1.82) is 0 Å². The fourth-order valence-electron chi connectivity index (χ4n) is 4.14.